The fourth-order valence-electron chi connectivity index (χ4n) is 3.51. The summed E-state index contributed by atoms with van der Waals surface area (Å²) in [5.41, 5.74) is 2.92. The Hall–Kier alpha value is -2.19. The molecule has 1 amide bonds. The minimum absolute atomic E-state index is 0.106. The maximum atomic E-state index is 12.8. The van der Waals surface area contributed by atoms with Crippen LogP contribution < -0.4 is 5.32 Å². The number of sulfonamides is 1. The van der Waals surface area contributed by atoms with Crippen LogP contribution in [0.25, 0.3) is 0 Å². The molecular weight excluding hydrogens is 364 g/mol. The first-order chi connectivity index (χ1) is 12.8. The average molecular weight is 391 g/mol. The Morgan fingerprint density at radius 3 is 2.59 bits per heavy atom. The first-order valence-corrected chi connectivity index (χ1v) is 10.6. The van der Waals surface area contributed by atoms with Gasteiger partial charge in [0.15, 0.2) is 0 Å². The van der Waals surface area contributed by atoms with Gasteiger partial charge in [0.25, 0.3) is 0 Å². The number of piperidine rings is 1. The summed E-state index contributed by atoms with van der Waals surface area (Å²) < 4.78 is 28.8. The zero-order valence-corrected chi connectivity index (χ0v) is 16.8. The number of aromatic nitrogens is 2. The highest BCUT2D eigenvalue weighted by molar-refractivity contribution is 7.89. The second kappa shape index (κ2) is 7.82. The van der Waals surface area contributed by atoms with E-state index >= 15 is 0 Å². The summed E-state index contributed by atoms with van der Waals surface area (Å²) in [5.74, 6) is -0.444. The van der Waals surface area contributed by atoms with E-state index < -0.39 is 10.0 Å². The van der Waals surface area contributed by atoms with E-state index in [1.165, 1.54) is 4.31 Å². The summed E-state index contributed by atoms with van der Waals surface area (Å²) in [6, 6.07) is 8.38. The zero-order chi connectivity index (χ0) is 19.6. The smallest absolute Gasteiger partial charge is 0.243 e. The van der Waals surface area contributed by atoms with Crippen LogP contribution in [0.5, 0.6) is 0 Å². The van der Waals surface area contributed by atoms with E-state index in [-0.39, 0.29) is 23.3 Å². The van der Waals surface area contributed by atoms with E-state index in [0.717, 1.165) is 17.0 Å². The van der Waals surface area contributed by atoms with E-state index in [1.807, 2.05) is 20.9 Å². The van der Waals surface area contributed by atoms with Crippen molar-refractivity contribution in [1.29, 1.82) is 0 Å². The Morgan fingerprint density at radius 1 is 1.26 bits per heavy atom. The maximum Gasteiger partial charge on any atom is 0.243 e. The molecule has 0 aliphatic carbocycles. The highest BCUT2D eigenvalue weighted by atomic mass is 32.2. The van der Waals surface area contributed by atoms with Gasteiger partial charge in [-0.1, -0.05) is 18.2 Å². The minimum Gasteiger partial charge on any atom is -0.352 e. The van der Waals surface area contributed by atoms with E-state index in [9.17, 15) is 13.2 Å². The third-order valence-electron chi connectivity index (χ3n) is 5.23. The van der Waals surface area contributed by atoms with Crippen LogP contribution in [-0.4, -0.2) is 41.5 Å². The molecule has 1 aliphatic heterocycles. The second-order valence-electron chi connectivity index (χ2n) is 7.01. The Bertz CT molecular complexity index is 922. The first-order valence-electron chi connectivity index (χ1n) is 9.12. The number of carbonyl (C=O) groups is 1. The largest absolute Gasteiger partial charge is 0.352 e. The molecule has 0 radical (unpaired) electrons. The van der Waals surface area contributed by atoms with Crippen molar-refractivity contribution in [2.45, 2.75) is 38.1 Å². The molecule has 1 aliphatic rings. The molecule has 7 nitrogen and oxygen atoms in total. The zero-order valence-electron chi connectivity index (χ0n) is 16.0. The molecule has 1 aromatic heterocycles. The Labute approximate surface area is 160 Å². The topological polar surface area (TPSA) is 84.3 Å². The van der Waals surface area contributed by atoms with Crippen molar-refractivity contribution in [3.05, 3.63) is 47.3 Å². The molecule has 1 fully saturated rings. The molecule has 2 aromatic rings. The van der Waals surface area contributed by atoms with Gasteiger partial charge in [0.05, 0.1) is 16.5 Å². The van der Waals surface area contributed by atoms with Crippen molar-refractivity contribution >= 4 is 15.9 Å². The van der Waals surface area contributed by atoms with Gasteiger partial charge in [-0.15, -0.1) is 0 Å². The molecule has 27 heavy (non-hydrogen) atoms. The number of carbonyl (C=O) groups excluding carboxylic acids is 1. The maximum absolute atomic E-state index is 12.8. The summed E-state index contributed by atoms with van der Waals surface area (Å²) in [5, 5.41) is 7.32. The number of rotatable bonds is 5. The molecule has 2 heterocycles. The number of hydrogen-bond donors (Lipinski definition) is 1. The van der Waals surface area contributed by atoms with Crippen LogP contribution in [0.2, 0.25) is 0 Å². The number of amides is 1. The molecule has 1 aromatic carbocycles. The number of hydrogen-bond acceptors (Lipinski definition) is 4. The molecule has 3 rings (SSSR count). The average Bonchev–Trinajstić information content (AvgIpc) is 2.92. The van der Waals surface area contributed by atoms with E-state index in [0.29, 0.717) is 25.9 Å². The number of aryl methyl sites for hydroxylation is 2. The molecule has 0 bridgehead atoms. The van der Waals surface area contributed by atoms with Crippen molar-refractivity contribution < 1.29 is 13.2 Å². The van der Waals surface area contributed by atoms with Crippen molar-refractivity contribution in [2.24, 2.45) is 13.0 Å². The fraction of sp³-hybridized carbons (Fsp3) is 0.474. The molecule has 0 spiro atoms. The summed E-state index contributed by atoms with van der Waals surface area (Å²) >= 11 is 0. The van der Waals surface area contributed by atoms with E-state index in [1.54, 1.807) is 35.0 Å². The SMILES string of the molecule is Cc1nn(C)c(C)c1CNC(=O)C1CCCN(S(=O)(=O)c2ccccc2)C1. The van der Waals surface area contributed by atoms with Crippen molar-refractivity contribution in [3.8, 4) is 0 Å². The summed E-state index contributed by atoms with van der Waals surface area (Å²) in [6.07, 6.45) is 1.37. The molecular formula is C19H26N4O3S. The van der Waals surface area contributed by atoms with Crippen LogP contribution in [0.15, 0.2) is 35.2 Å². The Kier molecular flexibility index (Phi) is 5.67. The molecule has 1 N–H and O–H groups in total. The van der Waals surface area contributed by atoms with Gasteiger partial charge in [0.2, 0.25) is 15.9 Å². The summed E-state index contributed by atoms with van der Waals surface area (Å²) in [6.45, 7) is 4.96. The van der Waals surface area contributed by atoms with Gasteiger partial charge in [-0.3, -0.25) is 9.48 Å². The lowest BCUT2D eigenvalue weighted by atomic mass is 9.98. The van der Waals surface area contributed by atoms with Crippen LogP contribution in [0.3, 0.4) is 0 Å². The highest BCUT2D eigenvalue weighted by Crippen LogP contribution is 2.24. The summed E-state index contributed by atoms with van der Waals surface area (Å²) in [7, 11) is -1.69. The van der Waals surface area contributed by atoms with Crippen LogP contribution in [0, 0.1) is 19.8 Å². The summed E-state index contributed by atoms with van der Waals surface area (Å²) in [4.78, 5) is 12.9. The van der Waals surface area contributed by atoms with Gasteiger partial charge in [-0.25, -0.2) is 8.42 Å². The predicted octanol–water partition coefficient (Wildman–Crippen LogP) is 1.75. The van der Waals surface area contributed by atoms with Crippen molar-refractivity contribution in [3.63, 3.8) is 0 Å². The third-order valence-corrected chi connectivity index (χ3v) is 7.11. The number of nitrogens with zero attached hydrogens (tertiary/aromatic N) is 3. The van der Waals surface area contributed by atoms with Crippen LogP contribution >= 0.6 is 0 Å². The van der Waals surface area contributed by atoms with Gasteiger partial charge >= 0.3 is 0 Å². The van der Waals surface area contributed by atoms with Crippen LogP contribution in [0.4, 0.5) is 0 Å². The van der Waals surface area contributed by atoms with Crippen LogP contribution in [-0.2, 0) is 28.4 Å². The first kappa shape index (κ1) is 19.6. The number of nitrogens with one attached hydrogen (secondary N) is 1. The van der Waals surface area contributed by atoms with Crippen molar-refractivity contribution in [2.75, 3.05) is 13.1 Å². The standard InChI is InChI=1S/C19H26N4O3S/c1-14-18(15(2)22(3)21-14)12-20-19(24)16-8-7-11-23(13-16)27(25,26)17-9-5-4-6-10-17/h4-6,9-10,16H,7-8,11-13H2,1-3H3,(H,20,24). The Balaban J connectivity index is 1.66. The monoisotopic (exact) mass is 390 g/mol. The second-order valence-corrected chi connectivity index (χ2v) is 8.94. The Morgan fingerprint density at radius 2 is 1.96 bits per heavy atom. The highest BCUT2D eigenvalue weighted by Gasteiger charge is 2.33. The normalized spacial score (nSPS) is 18.4. The molecule has 0 saturated carbocycles. The van der Waals surface area contributed by atoms with E-state index in [2.05, 4.69) is 10.4 Å². The quantitative estimate of drug-likeness (QED) is 0.843. The van der Waals surface area contributed by atoms with E-state index in [4.69, 9.17) is 0 Å². The lowest BCUT2D eigenvalue weighted by molar-refractivity contribution is -0.126. The lowest BCUT2D eigenvalue weighted by Gasteiger charge is -2.31. The van der Waals surface area contributed by atoms with Crippen molar-refractivity contribution in [1.82, 2.24) is 19.4 Å². The van der Waals surface area contributed by atoms with Gasteiger partial charge in [0.1, 0.15) is 0 Å². The fourth-order valence-corrected chi connectivity index (χ4v) is 5.05. The molecule has 1 unspecified atom stereocenters. The van der Waals surface area contributed by atoms with Gasteiger partial charge in [0, 0.05) is 37.9 Å². The molecule has 1 atom stereocenters. The van der Waals surface area contributed by atoms with Crippen LogP contribution in [0.1, 0.15) is 29.8 Å². The van der Waals surface area contributed by atoms with Gasteiger partial charge < -0.3 is 5.32 Å². The lowest BCUT2D eigenvalue weighted by Crippen LogP contribution is -2.45. The molecule has 146 valence electrons. The van der Waals surface area contributed by atoms with Gasteiger partial charge in [-0.2, -0.15) is 9.40 Å². The molecule has 1 saturated heterocycles. The number of benzene rings is 1. The predicted molar refractivity (Wildman–Crippen MR) is 102 cm³/mol. The molecule has 8 heteroatoms. The minimum atomic E-state index is -3.57. The third kappa shape index (κ3) is 4.06. The van der Waals surface area contributed by atoms with Gasteiger partial charge in [-0.05, 0) is 38.8 Å².